The van der Waals surface area contributed by atoms with Crippen LogP contribution in [0.2, 0.25) is 0 Å². The molecule has 8 nitrogen and oxygen atoms in total. The minimum Gasteiger partial charge on any atom is -0.422 e. The summed E-state index contributed by atoms with van der Waals surface area (Å²) in [4.78, 5) is 12.3. The number of nitrogens with zero attached hydrogens (tertiary/aromatic N) is 3. The van der Waals surface area contributed by atoms with Gasteiger partial charge in [-0.2, -0.15) is 0 Å². The third kappa shape index (κ3) is 3.23. The number of hydrogen-bond donors (Lipinski definition) is 2. The molecule has 0 spiro atoms. The Morgan fingerprint density at radius 2 is 2.04 bits per heavy atom. The van der Waals surface area contributed by atoms with Crippen LogP contribution in [-0.4, -0.2) is 32.4 Å². The first-order valence-electron chi connectivity index (χ1n) is 8.44. The Hall–Kier alpha value is -3.00. The van der Waals surface area contributed by atoms with E-state index in [1.807, 2.05) is 30.3 Å². The van der Waals surface area contributed by atoms with Crippen LogP contribution in [0.4, 0.5) is 0 Å². The van der Waals surface area contributed by atoms with Crippen molar-refractivity contribution >= 4 is 5.91 Å². The Morgan fingerprint density at radius 3 is 2.73 bits per heavy atom. The van der Waals surface area contributed by atoms with Crippen LogP contribution in [0.1, 0.15) is 54.1 Å². The zero-order valence-electron chi connectivity index (χ0n) is 14.1. The number of benzene rings is 1. The highest BCUT2D eigenvalue weighted by molar-refractivity contribution is 5.93. The summed E-state index contributed by atoms with van der Waals surface area (Å²) in [5.74, 6) is 1.09. The van der Waals surface area contributed by atoms with Gasteiger partial charge in [-0.1, -0.05) is 35.5 Å². The molecule has 0 aliphatic heterocycles. The highest BCUT2D eigenvalue weighted by atomic mass is 16.5. The number of carbonyl (C=O) groups is 1. The summed E-state index contributed by atoms with van der Waals surface area (Å²) in [5, 5.41) is 24.0. The van der Waals surface area contributed by atoms with Crippen molar-refractivity contribution in [3.8, 4) is 11.3 Å². The van der Waals surface area contributed by atoms with E-state index >= 15 is 0 Å². The molecule has 1 amide bonds. The van der Waals surface area contributed by atoms with Crippen LogP contribution in [-0.2, 0) is 0 Å². The van der Waals surface area contributed by atoms with Crippen LogP contribution in [0, 0.1) is 0 Å². The van der Waals surface area contributed by atoms with Gasteiger partial charge < -0.3 is 19.4 Å². The van der Waals surface area contributed by atoms with Crippen LogP contribution in [0.3, 0.4) is 0 Å². The molecule has 0 unspecified atom stereocenters. The molecule has 8 heteroatoms. The summed E-state index contributed by atoms with van der Waals surface area (Å²) in [6.07, 6.45) is 0.630. The lowest BCUT2D eigenvalue weighted by atomic mass is 9.80. The summed E-state index contributed by atoms with van der Waals surface area (Å²) in [7, 11) is 0. The van der Waals surface area contributed by atoms with Gasteiger partial charge in [0.15, 0.2) is 11.5 Å². The van der Waals surface area contributed by atoms with Crippen molar-refractivity contribution in [1.82, 2.24) is 20.7 Å². The second-order valence-corrected chi connectivity index (χ2v) is 6.44. The van der Waals surface area contributed by atoms with E-state index < -0.39 is 6.10 Å². The molecule has 0 saturated heterocycles. The first-order valence-corrected chi connectivity index (χ1v) is 8.44. The molecule has 0 radical (unpaired) electrons. The second kappa shape index (κ2) is 6.72. The first-order chi connectivity index (χ1) is 12.6. The van der Waals surface area contributed by atoms with E-state index in [4.69, 9.17) is 8.94 Å². The molecule has 1 atom stereocenters. The maximum Gasteiger partial charge on any atom is 0.273 e. The van der Waals surface area contributed by atoms with Crippen molar-refractivity contribution in [2.75, 3.05) is 0 Å². The summed E-state index contributed by atoms with van der Waals surface area (Å²) in [6, 6.07) is 11.1. The lowest BCUT2D eigenvalue weighted by Crippen LogP contribution is -2.43. The Bertz CT molecular complexity index is 897. The molecule has 2 N–H and O–H groups in total. The number of hydrogen-bond acceptors (Lipinski definition) is 7. The summed E-state index contributed by atoms with van der Waals surface area (Å²) in [6.45, 7) is 1.57. The van der Waals surface area contributed by atoms with Crippen molar-refractivity contribution < 1.29 is 18.8 Å². The molecule has 134 valence electrons. The summed E-state index contributed by atoms with van der Waals surface area (Å²) >= 11 is 0. The molecule has 1 fully saturated rings. The molecule has 2 heterocycles. The van der Waals surface area contributed by atoms with Crippen molar-refractivity contribution in [2.24, 2.45) is 0 Å². The van der Waals surface area contributed by atoms with Gasteiger partial charge >= 0.3 is 0 Å². The molecule has 2 aromatic heterocycles. The minimum atomic E-state index is -0.780. The molecule has 1 aromatic carbocycles. The molecule has 0 bridgehead atoms. The van der Waals surface area contributed by atoms with Gasteiger partial charge in [0.25, 0.3) is 5.91 Å². The lowest BCUT2D eigenvalue weighted by molar-refractivity contribution is 0.0892. The third-order valence-corrected chi connectivity index (χ3v) is 4.44. The first kappa shape index (κ1) is 16.5. The van der Waals surface area contributed by atoms with Gasteiger partial charge in [0.1, 0.15) is 6.10 Å². The molecular formula is C18H18N4O4. The predicted octanol–water partition coefficient (Wildman–Crippen LogP) is 2.45. The molecule has 3 aromatic rings. The second-order valence-electron chi connectivity index (χ2n) is 6.44. The van der Waals surface area contributed by atoms with Crippen molar-refractivity contribution in [2.45, 2.75) is 37.8 Å². The highest BCUT2D eigenvalue weighted by Crippen LogP contribution is 2.36. The fourth-order valence-electron chi connectivity index (χ4n) is 2.90. The fraction of sp³-hybridized carbons (Fsp3) is 0.333. The molecule has 4 rings (SSSR count). The van der Waals surface area contributed by atoms with Gasteiger partial charge in [0.05, 0.1) is 0 Å². The topological polar surface area (TPSA) is 114 Å². The van der Waals surface area contributed by atoms with E-state index in [9.17, 15) is 9.90 Å². The largest absolute Gasteiger partial charge is 0.422 e. The van der Waals surface area contributed by atoms with Gasteiger partial charge in [-0.25, -0.2) is 0 Å². The van der Waals surface area contributed by atoms with Gasteiger partial charge in [-0.3, -0.25) is 4.79 Å². The fourth-order valence-corrected chi connectivity index (χ4v) is 2.90. The Labute approximate surface area is 149 Å². The Balaban J connectivity index is 1.33. The number of aliphatic hydroxyl groups is 1. The van der Waals surface area contributed by atoms with Crippen LogP contribution in [0.15, 0.2) is 45.3 Å². The average Bonchev–Trinajstić information content (AvgIpc) is 3.28. The maximum atomic E-state index is 12.3. The quantitative estimate of drug-likeness (QED) is 0.723. The van der Waals surface area contributed by atoms with Crippen molar-refractivity contribution in [1.29, 1.82) is 0 Å². The Morgan fingerprint density at radius 1 is 1.27 bits per heavy atom. The molecule has 1 aliphatic rings. The zero-order chi connectivity index (χ0) is 18.1. The number of aromatic nitrogens is 3. The zero-order valence-corrected chi connectivity index (χ0v) is 14.1. The van der Waals surface area contributed by atoms with Gasteiger partial charge in [0.2, 0.25) is 11.8 Å². The van der Waals surface area contributed by atoms with Crippen LogP contribution in [0.5, 0.6) is 0 Å². The molecule has 1 saturated carbocycles. The number of rotatable bonds is 5. The monoisotopic (exact) mass is 354 g/mol. The van der Waals surface area contributed by atoms with E-state index in [1.54, 1.807) is 13.0 Å². The number of carbonyl (C=O) groups excluding carboxylic acids is 1. The Kier molecular flexibility index (Phi) is 4.26. The molecular weight excluding hydrogens is 336 g/mol. The number of amides is 1. The van der Waals surface area contributed by atoms with Crippen molar-refractivity contribution in [3.05, 3.63) is 53.9 Å². The summed E-state index contributed by atoms with van der Waals surface area (Å²) in [5.41, 5.74) is 1.12. The predicted molar refractivity (Wildman–Crippen MR) is 90.1 cm³/mol. The van der Waals surface area contributed by atoms with E-state index in [0.29, 0.717) is 24.5 Å². The maximum absolute atomic E-state index is 12.3. The van der Waals surface area contributed by atoms with Crippen molar-refractivity contribution in [3.63, 3.8) is 0 Å². The SMILES string of the molecule is C[C@@H](O)c1nnc([C@H]2C[C@H](NC(=O)c3cc(-c4ccccc4)on3)C2)o1. The third-order valence-electron chi connectivity index (χ3n) is 4.44. The number of aliphatic hydroxyl groups excluding tert-OH is 1. The van der Waals surface area contributed by atoms with Gasteiger partial charge in [-0.05, 0) is 19.8 Å². The number of nitrogens with one attached hydrogen (secondary N) is 1. The van der Waals surface area contributed by atoms with Crippen LogP contribution >= 0.6 is 0 Å². The summed E-state index contributed by atoms with van der Waals surface area (Å²) < 4.78 is 10.7. The average molecular weight is 354 g/mol. The molecule has 1 aliphatic carbocycles. The van der Waals surface area contributed by atoms with E-state index in [0.717, 1.165) is 5.56 Å². The van der Waals surface area contributed by atoms with Crippen LogP contribution in [0.25, 0.3) is 11.3 Å². The van der Waals surface area contributed by atoms with Gasteiger partial charge in [-0.15, -0.1) is 10.2 Å². The molecule has 26 heavy (non-hydrogen) atoms. The van der Waals surface area contributed by atoms with E-state index in [2.05, 4.69) is 20.7 Å². The van der Waals surface area contributed by atoms with E-state index in [1.165, 1.54) is 0 Å². The smallest absolute Gasteiger partial charge is 0.273 e. The van der Waals surface area contributed by atoms with Gasteiger partial charge in [0, 0.05) is 23.6 Å². The van der Waals surface area contributed by atoms with E-state index in [-0.39, 0.29) is 29.5 Å². The lowest BCUT2D eigenvalue weighted by Gasteiger charge is -2.33. The minimum absolute atomic E-state index is 0.0197. The highest BCUT2D eigenvalue weighted by Gasteiger charge is 2.36. The van der Waals surface area contributed by atoms with Crippen LogP contribution < -0.4 is 5.32 Å². The standard InChI is InChI=1S/C18H18N4O4/c1-10(23)17-20-21-18(25-17)12-7-13(8-12)19-16(24)14-9-15(26-22-14)11-5-3-2-4-6-11/h2-6,9-10,12-13,23H,7-8H2,1H3,(H,19,24)/t10-,12-,13-/m1/s1. The normalized spacial score (nSPS) is 20.4.